The van der Waals surface area contributed by atoms with Gasteiger partial charge in [-0.25, -0.2) is 9.18 Å². The number of hydrogen-bond donors (Lipinski definition) is 3. The number of halogens is 4. The van der Waals surface area contributed by atoms with Gasteiger partial charge in [-0.2, -0.15) is 13.2 Å². The average Bonchev–Trinajstić information content (AvgIpc) is 2.74. The molecule has 0 fully saturated rings. The maximum absolute atomic E-state index is 15.4. The Hall–Kier alpha value is -3.82. The molecule has 0 aliphatic rings. The molecule has 2 aromatic rings. The van der Waals surface area contributed by atoms with E-state index in [9.17, 15) is 22.8 Å². The molecule has 0 aromatic heterocycles. The molecule has 1 unspecified atom stereocenters. The Morgan fingerprint density at radius 2 is 1.84 bits per heavy atom. The van der Waals surface area contributed by atoms with E-state index in [1.165, 1.54) is 23.5 Å². The number of amides is 2. The zero-order valence-electron chi connectivity index (χ0n) is 16.7. The average molecular weight is 452 g/mol. The van der Waals surface area contributed by atoms with Gasteiger partial charge in [-0.15, -0.1) is 6.58 Å². The van der Waals surface area contributed by atoms with Crippen molar-refractivity contribution in [2.45, 2.75) is 25.2 Å². The van der Waals surface area contributed by atoms with Gasteiger partial charge < -0.3 is 20.5 Å². The SMILES string of the molecule is C=Cc1cc(OCc2ccccc2)c(NC(=O)C(F)(F)F)c(F)c1CC(C=C)NC(=O)O. The van der Waals surface area contributed by atoms with Crippen LogP contribution in [0.25, 0.3) is 6.08 Å². The highest BCUT2D eigenvalue weighted by molar-refractivity contribution is 5.96. The van der Waals surface area contributed by atoms with Crippen molar-refractivity contribution in [3.05, 3.63) is 78.1 Å². The van der Waals surface area contributed by atoms with E-state index in [-0.39, 0.29) is 29.9 Å². The molecule has 6 nitrogen and oxygen atoms in total. The van der Waals surface area contributed by atoms with Gasteiger partial charge in [0.25, 0.3) is 0 Å². The summed E-state index contributed by atoms with van der Waals surface area (Å²) < 4.78 is 59.4. The van der Waals surface area contributed by atoms with Crippen molar-refractivity contribution in [2.24, 2.45) is 0 Å². The fourth-order valence-corrected chi connectivity index (χ4v) is 2.80. The number of alkyl halides is 3. The van der Waals surface area contributed by atoms with Gasteiger partial charge in [0.15, 0.2) is 5.82 Å². The summed E-state index contributed by atoms with van der Waals surface area (Å²) in [5, 5.41) is 12.5. The molecule has 3 N–H and O–H groups in total. The van der Waals surface area contributed by atoms with E-state index >= 15 is 4.39 Å². The highest BCUT2D eigenvalue weighted by Gasteiger charge is 2.40. The molecular weight excluding hydrogens is 432 g/mol. The standard InChI is InChI=1S/C22H20F4N2O4/c1-3-14-10-17(32-12-13-8-6-5-7-9-13)19(28-20(29)22(24,25)26)18(23)16(14)11-15(4-2)27-21(30)31/h3-10,15,27H,1-2,11-12H2,(H,28,29)(H,30,31). The Kier molecular flexibility index (Phi) is 8.00. The van der Waals surface area contributed by atoms with Gasteiger partial charge in [0.2, 0.25) is 0 Å². The molecule has 0 aliphatic carbocycles. The summed E-state index contributed by atoms with van der Waals surface area (Å²) in [5.74, 6) is -3.94. The summed E-state index contributed by atoms with van der Waals surface area (Å²) >= 11 is 0. The first kappa shape index (κ1) is 24.4. The van der Waals surface area contributed by atoms with Crippen LogP contribution in [0.1, 0.15) is 16.7 Å². The van der Waals surface area contributed by atoms with E-state index in [0.29, 0.717) is 5.56 Å². The quantitative estimate of drug-likeness (QED) is 0.373. The Morgan fingerprint density at radius 1 is 1.19 bits per heavy atom. The van der Waals surface area contributed by atoms with Crippen molar-refractivity contribution >= 4 is 23.8 Å². The minimum absolute atomic E-state index is 0.110. The second kappa shape index (κ2) is 10.5. The smallest absolute Gasteiger partial charge is 0.471 e. The maximum Gasteiger partial charge on any atom is 0.471 e. The number of ether oxygens (including phenoxy) is 1. The lowest BCUT2D eigenvalue weighted by Gasteiger charge is -2.20. The molecule has 0 spiro atoms. The molecular formula is C22H20F4N2O4. The van der Waals surface area contributed by atoms with Crippen molar-refractivity contribution in [2.75, 3.05) is 5.32 Å². The lowest BCUT2D eigenvalue weighted by Crippen LogP contribution is -2.34. The Labute approximate surface area is 181 Å². The first-order valence-electron chi connectivity index (χ1n) is 9.21. The van der Waals surface area contributed by atoms with Gasteiger partial charge >= 0.3 is 18.2 Å². The highest BCUT2D eigenvalue weighted by Crippen LogP contribution is 2.36. The van der Waals surface area contributed by atoms with Gasteiger partial charge in [-0.1, -0.05) is 49.1 Å². The van der Waals surface area contributed by atoms with Crippen molar-refractivity contribution in [1.82, 2.24) is 5.32 Å². The highest BCUT2D eigenvalue weighted by atomic mass is 19.4. The Balaban J connectivity index is 2.52. The topological polar surface area (TPSA) is 87.7 Å². The number of carbonyl (C=O) groups excluding carboxylic acids is 1. The summed E-state index contributed by atoms with van der Waals surface area (Å²) in [6.45, 7) is 6.92. The molecule has 0 aliphatic heterocycles. The Bertz CT molecular complexity index is 1010. The molecule has 2 amide bonds. The van der Waals surface area contributed by atoms with Crippen molar-refractivity contribution < 1.29 is 37.0 Å². The first-order valence-corrected chi connectivity index (χ1v) is 9.21. The first-order chi connectivity index (χ1) is 15.1. The lowest BCUT2D eigenvalue weighted by molar-refractivity contribution is -0.167. The number of nitrogens with one attached hydrogen (secondary N) is 2. The number of anilines is 1. The van der Waals surface area contributed by atoms with Crippen LogP contribution in [0.3, 0.4) is 0 Å². The van der Waals surface area contributed by atoms with Gasteiger partial charge in [-0.3, -0.25) is 4.79 Å². The lowest BCUT2D eigenvalue weighted by atomic mass is 9.97. The molecule has 170 valence electrons. The number of hydrogen-bond acceptors (Lipinski definition) is 3. The Morgan fingerprint density at radius 3 is 2.38 bits per heavy atom. The molecule has 0 heterocycles. The summed E-state index contributed by atoms with van der Waals surface area (Å²) in [4.78, 5) is 22.4. The van der Waals surface area contributed by atoms with Crippen molar-refractivity contribution in [3.63, 3.8) is 0 Å². The third kappa shape index (κ3) is 6.34. The maximum atomic E-state index is 15.4. The van der Waals surface area contributed by atoms with E-state index in [2.05, 4.69) is 18.5 Å². The van der Waals surface area contributed by atoms with Gasteiger partial charge in [0.05, 0.1) is 6.04 Å². The van der Waals surface area contributed by atoms with Gasteiger partial charge in [-0.05, 0) is 29.2 Å². The minimum atomic E-state index is -5.27. The van der Waals surface area contributed by atoms with Crippen LogP contribution in [0.2, 0.25) is 0 Å². The number of rotatable bonds is 9. The minimum Gasteiger partial charge on any atom is -0.487 e. The molecule has 10 heteroatoms. The van der Waals surface area contributed by atoms with E-state index < -0.39 is 35.7 Å². The largest absolute Gasteiger partial charge is 0.487 e. The van der Waals surface area contributed by atoms with Crippen LogP contribution >= 0.6 is 0 Å². The van der Waals surface area contributed by atoms with E-state index in [0.717, 1.165) is 0 Å². The predicted octanol–water partition coefficient (Wildman–Crippen LogP) is 4.91. The van der Waals surface area contributed by atoms with Crippen LogP contribution in [0.15, 0.2) is 55.6 Å². The fourth-order valence-electron chi connectivity index (χ4n) is 2.80. The molecule has 0 radical (unpaired) electrons. The second-order valence-corrected chi connectivity index (χ2v) is 6.56. The number of carbonyl (C=O) groups is 2. The summed E-state index contributed by atoms with van der Waals surface area (Å²) in [7, 11) is 0. The summed E-state index contributed by atoms with van der Waals surface area (Å²) in [5.41, 5.74) is -0.192. The third-order valence-corrected chi connectivity index (χ3v) is 4.34. The zero-order chi connectivity index (χ0) is 23.9. The monoisotopic (exact) mass is 452 g/mol. The molecule has 0 saturated carbocycles. The molecule has 0 bridgehead atoms. The van der Waals surface area contributed by atoms with Crippen LogP contribution in [0.5, 0.6) is 5.75 Å². The fraction of sp³-hybridized carbons (Fsp3) is 0.182. The predicted molar refractivity (Wildman–Crippen MR) is 111 cm³/mol. The van der Waals surface area contributed by atoms with Crippen molar-refractivity contribution in [3.8, 4) is 5.75 Å². The molecule has 32 heavy (non-hydrogen) atoms. The van der Waals surface area contributed by atoms with E-state index in [1.54, 1.807) is 30.3 Å². The summed E-state index contributed by atoms with van der Waals surface area (Å²) in [6.07, 6.45) is -4.52. The van der Waals surface area contributed by atoms with Crippen LogP contribution in [0, 0.1) is 5.82 Å². The third-order valence-electron chi connectivity index (χ3n) is 4.34. The zero-order valence-corrected chi connectivity index (χ0v) is 16.7. The normalized spacial score (nSPS) is 11.9. The van der Waals surface area contributed by atoms with Crippen LogP contribution in [-0.2, 0) is 17.8 Å². The second-order valence-electron chi connectivity index (χ2n) is 6.56. The molecule has 2 aromatic carbocycles. The van der Waals surface area contributed by atoms with Crippen LogP contribution in [0.4, 0.5) is 28.0 Å². The number of benzene rings is 2. The van der Waals surface area contributed by atoms with E-state index in [4.69, 9.17) is 9.84 Å². The molecule has 2 rings (SSSR count). The number of carboxylic acid groups (broad SMARTS) is 1. The van der Waals surface area contributed by atoms with Crippen LogP contribution in [-0.4, -0.2) is 29.3 Å². The van der Waals surface area contributed by atoms with Gasteiger partial charge in [0.1, 0.15) is 18.0 Å². The molecule has 0 saturated heterocycles. The summed E-state index contributed by atoms with van der Waals surface area (Å²) in [6, 6.07) is 8.84. The van der Waals surface area contributed by atoms with E-state index in [1.807, 2.05) is 0 Å². The molecule has 1 atom stereocenters. The van der Waals surface area contributed by atoms with Crippen molar-refractivity contribution in [1.29, 1.82) is 0 Å². The van der Waals surface area contributed by atoms with Gasteiger partial charge in [0, 0.05) is 0 Å². The van der Waals surface area contributed by atoms with Crippen LogP contribution < -0.4 is 15.4 Å².